The van der Waals surface area contributed by atoms with E-state index in [1.807, 2.05) is 0 Å². The van der Waals surface area contributed by atoms with Gasteiger partial charge in [0.15, 0.2) is 5.69 Å². The average Bonchev–Trinajstić information content (AvgIpc) is 3.42. The molecule has 12 heteroatoms. The molecule has 0 N–H and O–H groups in total. The molecule has 0 aliphatic heterocycles. The molecule has 0 radical (unpaired) electrons. The number of esters is 2. The first-order valence-electron chi connectivity index (χ1n) is 9.24. The van der Waals surface area contributed by atoms with Gasteiger partial charge in [0, 0.05) is 0 Å². The van der Waals surface area contributed by atoms with Crippen molar-refractivity contribution in [2.75, 3.05) is 13.2 Å². The molecule has 0 aromatic carbocycles. The van der Waals surface area contributed by atoms with E-state index in [2.05, 4.69) is 9.97 Å². The van der Waals surface area contributed by atoms with Crippen LogP contribution in [0.2, 0.25) is 20.1 Å². The molecule has 0 atom stereocenters. The monoisotopic (exact) mass is 532 g/mol. The van der Waals surface area contributed by atoms with Crippen molar-refractivity contribution in [2.24, 2.45) is 0 Å². The first-order chi connectivity index (χ1) is 15.3. The molecule has 4 rings (SSSR count). The zero-order chi connectivity index (χ0) is 23.4. The molecule has 4 aromatic rings. The lowest BCUT2D eigenvalue weighted by atomic mass is 10.3. The van der Waals surface area contributed by atoms with Gasteiger partial charge in [-0.1, -0.05) is 53.8 Å². The van der Waals surface area contributed by atoms with Gasteiger partial charge >= 0.3 is 11.9 Å². The molecule has 0 unspecified atom stereocenters. The van der Waals surface area contributed by atoms with Crippen molar-refractivity contribution in [2.45, 2.75) is 21.3 Å². The largest absolute Gasteiger partial charge is 0.461 e. The summed E-state index contributed by atoms with van der Waals surface area (Å²) in [6.45, 7) is 4.04. The molecule has 0 aliphatic rings. The fourth-order valence-electron chi connectivity index (χ4n) is 2.79. The summed E-state index contributed by atoms with van der Waals surface area (Å²) in [4.78, 5) is 31.2. The Morgan fingerprint density at radius 1 is 0.848 bits per heavy atom. The Morgan fingerprint density at radius 2 is 1.42 bits per heavy atom. The predicted octanol–water partition coefficient (Wildman–Crippen LogP) is 6.27. The molecule has 0 bridgehead atoms. The van der Waals surface area contributed by atoms with Gasteiger partial charge in [0.25, 0.3) is 0 Å². The Labute approximate surface area is 209 Å². The number of hydrogen-bond donors (Lipinski definition) is 0. The van der Waals surface area contributed by atoms with Crippen LogP contribution in [0.4, 0.5) is 0 Å². The molecule has 4 aromatic heterocycles. The summed E-state index contributed by atoms with van der Waals surface area (Å²) < 4.78 is 12.9. The molecule has 176 valence electrons. The van der Waals surface area contributed by atoms with Crippen molar-refractivity contribution in [1.29, 1.82) is 0 Å². The minimum Gasteiger partial charge on any atom is -0.461 e. The summed E-state index contributed by atoms with van der Waals surface area (Å²) in [6.07, 6.45) is 6.11. The average molecular weight is 534 g/mol. The van der Waals surface area contributed by atoms with E-state index < -0.39 is 11.9 Å². The smallest absolute Gasteiger partial charge is 0.356 e. The highest BCUT2D eigenvalue weighted by atomic mass is 35.5. The Morgan fingerprint density at radius 3 is 2.09 bits per heavy atom. The first-order valence-corrected chi connectivity index (χ1v) is 10.8. The summed E-state index contributed by atoms with van der Waals surface area (Å²) >= 11 is 23.8. The van der Waals surface area contributed by atoms with Gasteiger partial charge in [-0.3, -0.25) is 8.80 Å². The fourth-order valence-corrected chi connectivity index (χ4v) is 3.60. The maximum absolute atomic E-state index is 11.7. The number of hydrogen-bond acceptors (Lipinski definition) is 6. The topological polar surface area (TPSA) is 87.2 Å². The highest BCUT2D eigenvalue weighted by molar-refractivity contribution is 6.44. The zero-order valence-corrected chi connectivity index (χ0v) is 19.8. The van der Waals surface area contributed by atoms with E-state index in [1.165, 1.54) is 24.9 Å². The molecule has 4 heterocycles. The van der Waals surface area contributed by atoms with Crippen LogP contribution < -0.4 is 0 Å². The molecule has 8 nitrogen and oxygen atoms in total. The normalized spacial score (nSPS) is 10.4. The van der Waals surface area contributed by atoms with Crippen LogP contribution in [-0.4, -0.2) is 43.9 Å². The number of rotatable bonds is 4. The lowest BCUT2D eigenvalue weighted by molar-refractivity contribution is 0.0508. The van der Waals surface area contributed by atoms with E-state index in [1.54, 1.807) is 34.9 Å². The fraction of sp³-hybridized carbons (Fsp3) is 0.238. The predicted molar refractivity (Wildman–Crippen MR) is 129 cm³/mol. The minimum absolute atomic E-state index is 0. The van der Waals surface area contributed by atoms with Crippen LogP contribution >= 0.6 is 46.4 Å². The van der Waals surface area contributed by atoms with E-state index in [4.69, 9.17) is 55.9 Å². The molecular weight excluding hydrogens is 514 g/mol. The second-order valence-electron chi connectivity index (χ2n) is 6.12. The van der Waals surface area contributed by atoms with Crippen molar-refractivity contribution < 1.29 is 19.1 Å². The Balaban J connectivity index is 0.000000227. The van der Waals surface area contributed by atoms with Crippen LogP contribution in [0.25, 0.3) is 11.0 Å². The standard InChI is InChI=1S/2C10H8Cl2N2O2.CH4/c1-2-16-10(15)7-3-6(11)9(12)8-4-13-5-14(7)8;1-2-16-10(15)9-8(12)7(11)3-6-4-13-5-14(6)9;/h2*3-5H,2H2,1H3;1H4. The van der Waals surface area contributed by atoms with Crippen LogP contribution in [0.3, 0.4) is 0 Å². The first kappa shape index (κ1) is 26.7. The second kappa shape index (κ2) is 11.6. The van der Waals surface area contributed by atoms with Gasteiger partial charge in [-0.05, 0) is 26.0 Å². The highest BCUT2D eigenvalue weighted by Gasteiger charge is 2.19. The molecule has 0 saturated heterocycles. The maximum atomic E-state index is 11.7. The number of carbonyl (C=O) groups is 2. The third kappa shape index (κ3) is 5.52. The molecule has 0 spiro atoms. The van der Waals surface area contributed by atoms with Crippen molar-refractivity contribution >= 4 is 69.4 Å². The van der Waals surface area contributed by atoms with Crippen LogP contribution in [0, 0.1) is 0 Å². The minimum atomic E-state index is -0.516. The van der Waals surface area contributed by atoms with E-state index in [0.717, 1.165) is 0 Å². The summed E-state index contributed by atoms with van der Waals surface area (Å²) in [5.74, 6) is -0.970. The van der Waals surface area contributed by atoms with E-state index in [-0.39, 0.29) is 24.8 Å². The molecule has 0 saturated carbocycles. The molecule has 33 heavy (non-hydrogen) atoms. The van der Waals surface area contributed by atoms with Gasteiger partial charge in [0.1, 0.15) is 5.69 Å². The van der Waals surface area contributed by atoms with Crippen molar-refractivity contribution in [1.82, 2.24) is 18.8 Å². The van der Waals surface area contributed by atoms with Gasteiger partial charge in [-0.25, -0.2) is 19.6 Å². The maximum Gasteiger partial charge on any atom is 0.356 e. The van der Waals surface area contributed by atoms with Crippen molar-refractivity contribution in [3.8, 4) is 0 Å². The number of aromatic nitrogens is 4. The van der Waals surface area contributed by atoms with Gasteiger partial charge in [-0.2, -0.15) is 0 Å². The zero-order valence-electron chi connectivity index (χ0n) is 16.8. The number of pyridine rings is 2. The number of imidazole rings is 2. The molecule has 0 amide bonds. The SMILES string of the molecule is C.CCOC(=O)c1c(Cl)c(Cl)cc2cncn12.CCOC(=O)c1cc(Cl)c(Cl)c2cncn12. The third-order valence-corrected chi connectivity index (χ3v) is 5.72. The van der Waals surface area contributed by atoms with E-state index >= 15 is 0 Å². The van der Waals surface area contributed by atoms with Crippen LogP contribution in [-0.2, 0) is 9.47 Å². The van der Waals surface area contributed by atoms with Gasteiger partial charge in [0.2, 0.25) is 0 Å². The number of ether oxygens (including phenoxy) is 2. The van der Waals surface area contributed by atoms with Crippen LogP contribution in [0.5, 0.6) is 0 Å². The Hall–Kier alpha value is -2.52. The Kier molecular flexibility index (Phi) is 9.36. The molecule has 0 fully saturated rings. The molecular formula is C21H20Cl4N4O4. The van der Waals surface area contributed by atoms with Crippen LogP contribution in [0.1, 0.15) is 42.3 Å². The number of halogens is 4. The van der Waals surface area contributed by atoms with Crippen LogP contribution in [0.15, 0.2) is 37.2 Å². The summed E-state index contributed by atoms with van der Waals surface area (Å²) in [5.41, 5.74) is 1.78. The van der Waals surface area contributed by atoms with E-state index in [9.17, 15) is 9.59 Å². The summed E-state index contributed by atoms with van der Waals surface area (Å²) in [5, 5.41) is 1.15. The lowest BCUT2D eigenvalue weighted by Gasteiger charge is -2.08. The number of carbonyl (C=O) groups excluding carboxylic acids is 2. The Bertz CT molecular complexity index is 1300. The quantitative estimate of drug-likeness (QED) is 0.287. The van der Waals surface area contributed by atoms with Gasteiger partial charge in [-0.15, -0.1) is 0 Å². The van der Waals surface area contributed by atoms with E-state index in [0.29, 0.717) is 38.4 Å². The highest BCUT2D eigenvalue weighted by Crippen LogP contribution is 2.29. The van der Waals surface area contributed by atoms with Gasteiger partial charge < -0.3 is 9.47 Å². The third-order valence-electron chi connectivity index (χ3n) is 4.15. The lowest BCUT2D eigenvalue weighted by Crippen LogP contribution is -2.10. The van der Waals surface area contributed by atoms with Gasteiger partial charge in [0.05, 0.1) is 69.4 Å². The van der Waals surface area contributed by atoms with Crippen molar-refractivity contribution in [3.05, 3.63) is 68.7 Å². The number of fused-ring (bicyclic) bond motifs is 2. The summed E-state index contributed by atoms with van der Waals surface area (Å²) in [7, 11) is 0. The summed E-state index contributed by atoms with van der Waals surface area (Å²) in [6, 6.07) is 3.11. The molecule has 0 aliphatic carbocycles. The van der Waals surface area contributed by atoms with Crippen molar-refractivity contribution in [3.63, 3.8) is 0 Å². The number of nitrogens with zero attached hydrogens (tertiary/aromatic N) is 4. The second-order valence-corrected chi connectivity index (χ2v) is 7.70.